The summed E-state index contributed by atoms with van der Waals surface area (Å²) in [6.45, 7) is 5.11. The first-order chi connectivity index (χ1) is 13.1. The van der Waals surface area contributed by atoms with Crippen molar-refractivity contribution in [1.29, 1.82) is 0 Å². The zero-order valence-corrected chi connectivity index (χ0v) is 15.9. The van der Waals surface area contributed by atoms with Crippen LogP contribution in [0, 0.1) is 12.3 Å². The Morgan fingerprint density at radius 3 is 2.78 bits per heavy atom. The van der Waals surface area contributed by atoms with Gasteiger partial charge in [0.05, 0.1) is 18.2 Å². The highest BCUT2D eigenvalue weighted by Crippen LogP contribution is 2.36. The van der Waals surface area contributed by atoms with Gasteiger partial charge in [0.1, 0.15) is 5.69 Å². The summed E-state index contributed by atoms with van der Waals surface area (Å²) >= 11 is 0. The fourth-order valence-electron chi connectivity index (χ4n) is 3.72. The Kier molecular flexibility index (Phi) is 5.84. The number of hydrogen-bond acceptors (Lipinski definition) is 5. The number of carbonyl (C=O) groups is 2. The van der Waals surface area contributed by atoms with Crippen LogP contribution in [0.3, 0.4) is 0 Å². The van der Waals surface area contributed by atoms with Crippen LogP contribution in [0.2, 0.25) is 0 Å². The highest BCUT2D eigenvalue weighted by atomic mass is 16.5. The van der Waals surface area contributed by atoms with Crippen molar-refractivity contribution in [2.24, 2.45) is 5.41 Å². The predicted octanol–water partition coefficient (Wildman–Crippen LogP) is 2.81. The van der Waals surface area contributed by atoms with Crippen molar-refractivity contribution in [2.75, 3.05) is 19.7 Å². The molecule has 1 atom stereocenters. The number of likely N-dealkylation sites (tertiary alicyclic amines) is 1. The van der Waals surface area contributed by atoms with Crippen LogP contribution in [0.15, 0.2) is 42.9 Å². The molecular formula is C21H25N3O3. The van der Waals surface area contributed by atoms with Gasteiger partial charge in [-0.2, -0.15) is 0 Å². The third kappa shape index (κ3) is 4.15. The van der Waals surface area contributed by atoms with E-state index in [4.69, 9.17) is 4.74 Å². The van der Waals surface area contributed by atoms with Crippen LogP contribution in [0.1, 0.15) is 41.4 Å². The Labute approximate surface area is 159 Å². The number of nitrogens with zero attached hydrogens (tertiary/aromatic N) is 3. The molecule has 0 saturated carbocycles. The number of aromatic nitrogens is 2. The molecule has 6 nitrogen and oxygen atoms in total. The van der Waals surface area contributed by atoms with Gasteiger partial charge in [-0.25, -0.2) is 4.98 Å². The molecular weight excluding hydrogens is 342 g/mol. The number of esters is 1. The van der Waals surface area contributed by atoms with E-state index >= 15 is 0 Å². The van der Waals surface area contributed by atoms with E-state index in [1.54, 1.807) is 4.90 Å². The Morgan fingerprint density at radius 2 is 2.07 bits per heavy atom. The summed E-state index contributed by atoms with van der Waals surface area (Å²) in [5.41, 5.74) is 1.81. The number of piperidine rings is 1. The molecule has 3 rings (SSSR count). The second-order valence-corrected chi connectivity index (χ2v) is 7.02. The van der Waals surface area contributed by atoms with Crippen molar-refractivity contribution >= 4 is 11.9 Å². The van der Waals surface area contributed by atoms with Gasteiger partial charge < -0.3 is 9.64 Å². The van der Waals surface area contributed by atoms with E-state index < -0.39 is 5.41 Å². The Hall–Kier alpha value is -2.76. The quantitative estimate of drug-likeness (QED) is 0.760. The van der Waals surface area contributed by atoms with Crippen molar-refractivity contribution < 1.29 is 14.3 Å². The van der Waals surface area contributed by atoms with Crippen LogP contribution in [0.4, 0.5) is 0 Å². The molecule has 0 spiro atoms. The standard InChI is InChI=1S/C21H25N3O3/c1-3-27-20(26)21(13-17-8-5-4-7-16(17)2)9-6-12-24(15-21)19(25)18-14-22-10-11-23-18/h4-5,7-8,10-11,14H,3,6,9,12-13,15H2,1-2H3/t21-/m0/s1. The van der Waals surface area contributed by atoms with Crippen molar-refractivity contribution in [2.45, 2.75) is 33.1 Å². The molecule has 1 aromatic carbocycles. The summed E-state index contributed by atoms with van der Waals surface area (Å²) in [5, 5.41) is 0. The molecule has 0 bridgehead atoms. The van der Waals surface area contributed by atoms with Crippen molar-refractivity contribution in [3.05, 3.63) is 59.7 Å². The van der Waals surface area contributed by atoms with Gasteiger partial charge in [-0.3, -0.25) is 14.6 Å². The van der Waals surface area contributed by atoms with E-state index in [0.717, 1.165) is 17.5 Å². The van der Waals surface area contributed by atoms with Gasteiger partial charge in [0.25, 0.3) is 5.91 Å². The monoisotopic (exact) mass is 367 g/mol. The van der Waals surface area contributed by atoms with Crippen LogP contribution < -0.4 is 0 Å². The van der Waals surface area contributed by atoms with Crippen molar-refractivity contribution in [3.63, 3.8) is 0 Å². The molecule has 1 aromatic heterocycles. The fraction of sp³-hybridized carbons (Fsp3) is 0.429. The number of aryl methyl sites for hydroxylation is 1. The van der Waals surface area contributed by atoms with Crippen molar-refractivity contribution in [1.82, 2.24) is 14.9 Å². The zero-order chi connectivity index (χ0) is 19.3. The van der Waals surface area contributed by atoms with E-state index in [9.17, 15) is 9.59 Å². The van der Waals surface area contributed by atoms with E-state index in [2.05, 4.69) is 9.97 Å². The van der Waals surface area contributed by atoms with Crippen LogP contribution in [-0.2, 0) is 16.0 Å². The van der Waals surface area contributed by atoms with E-state index in [-0.39, 0.29) is 11.9 Å². The first-order valence-electron chi connectivity index (χ1n) is 9.33. The number of ether oxygens (including phenoxy) is 1. The third-order valence-corrected chi connectivity index (χ3v) is 5.14. The maximum atomic E-state index is 13.0. The molecule has 0 aliphatic carbocycles. The Bertz CT molecular complexity index is 809. The van der Waals surface area contributed by atoms with E-state index in [0.29, 0.717) is 38.2 Å². The van der Waals surface area contributed by atoms with Crippen molar-refractivity contribution in [3.8, 4) is 0 Å². The summed E-state index contributed by atoms with van der Waals surface area (Å²) in [4.78, 5) is 35.6. The van der Waals surface area contributed by atoms with Crippen LogP contribution in [-0.4, -0.2) is 46.4 Å². The summed E-state index contributed by atoms with van der Waals surface area (Å²) in [6.07, 6.45) is 6.51. The van der Waals surface area contributed by atoms with Crippen LogP contribution >= 0.6 is 0 Å². The first-order valence-corrected chi connectivity index (χ1v) is 9.33. The molecule has 1 aliphatic heterocycles. The molecule has 2 heterocycles. The molecule has 1 saturated heterocycles. The van der Waals surface area contributed by atoms with E-state index in [1.165, 1.54) is 18.6 Å². The highest BCUT2D eigenvalue weighted by molar-refractivity contribution is 5.92. The number of amides is 1. The zero-order valence-electron chi connectivity index (χ0n) is 15.9. The molecule has 0 N–H and O–H groups in total. The van der Waals surface area contributed by atoms with Gasteiger partial charge in [-0.1, -0.05) is 24.3 Å². The summed E-state index contributed by atoms with van der Waals surface area (Å²) in [7, 11) is 0. The molecule has 1 aliphatic rings. The molecule has 0 unspecified atom stereocenters. The average Bonchev–Trinajstić information content (AvgIpc) is 2.70. The summed E-state index contributed by atoms with van der Waals surface area (Å²) < 4.78 is 5.43. The number of rotatable bonds is 5. The first kappa shape index (κ1) is 19.0. The summed E-state index contributed by atoms with van der Waals surface area (Å²) in [6, 6.07) is 8.05. The smallest absolute Gasteiger partial charge is 0.314 e. The van der Waals surface area contributed by atoms with Gasteiger partial charge in [-0.15, -0.1) is 0 Å². The molecule has 6 heteroatoms. The molecule has 2 aromatic rings. The lowest BCUT2D eigenvalue weighted by atomic mass is 9.74. The predicted molar refractivity (Wildman–Crippen MR) is 101 cm³/mol. The van der Waals surface area contributed by atoms with Gasteiger partial charge in [-0.05, 0) is 44.2 Å². The largest absolute Gasteiger partial charge is 0.466 e. The van der Waals surface area contributed by atoms with Gasteiger partial charge in [0, 0.05) is 25.5 Å². The number of benzene rings is 1. The lowest BCUT2D eigenvalue weighted by Gasteiger charge is -2.41. The van der Waals surface area contributed by atoms with Crippen LogP contribution in [0.25, 0.3) is 0 Å². The minimum absolute atomic E-state index is 0.193. The minimum atomic E-state index is -0.738. The fourth-order valence-corrected chi connectivity index (χ4v) is 3.72. The normalized spacial score (nSPS) is 19.6. The molecule has 0 radical (unpaired) electrons. The van der Waals surface area contributed by atoms with Gasteiger partial charge in [0.15, 0.2) is 0 Å². The number of hydrogen-bond donors (Lipinski definition) is 0. The molecule has 1 amide bonds. The van der Waals surface area contributed by atoms with E-state index in [1.807, 2.05) is 38.1 Å². The molecule has 1 fully saturated rings. The lowest BCUT2D eigenvalue weighted by molar-refractivity contribution is -0.158. The molecule has 142 valence electrons. The van der Waals surface area contributed by atoms with Gasteiger partial charge >= 0.3 is 5.97 Å². The molecule has 27 heavy (non-hydrogen) atoms. The number of carbonyl (C=O) groups excluding carboxylic acids is 2. The Balaban J connectivity index is 1.89. The minimum Gasteiger partial charge on any atom is -0.466 e. The average molecular weight is 367 g/mol. The maximum absolute atomic E-state index is 13.0. The third-order valence-electron chi connectivity index (χ3n) is 5.14. The Morgan fingerprint density at radius 1 is 1.26 bits per heavy atom. The second-order valence-electron chi connectivity index (χ2n) is 7.02. The lowest BCUT2D eigenvalue weighted by Crippen LogP contribution is -2.51. The SMILES string of the molecule is CCOC(=O)[C@]1(Cc2ccccc2C)CCCN(C(=O)c2cnccn2)C1. The highest BCUT2D eigenvalue weighted by Gasteiger charge is 2.45. The van der Waals surface area contributed by atoms with Gasteiger partial charge in [0.2, 0.25) is 0 Å². The summed E-state index contributed by atoms with van der Waals surface area (Å²) in [5.74, 6) is -0.425. The topological polar surface area (TPSA) is 72.4 Å². The van der Waals surface area contributed by atoms with Crippen LogP contribution in [0.5, 0.6) is 0 Å². The second kappa shape index (κ2) is 8.29. The maximum Gasteiger partial charge on any atom is 0.314 e.